The number of hydrogen-bond donors (Lipinski definition) is 0. The molecule has 4 nitrogen and oxygen atoms in total. The number of carbonyl (C=O) groups excluding carboxylic acids is 1. The van der Waals surface area contributed by atoms with Crippen LogP contribution in [0.2, 0.25) is 5.02 Å². The van der Waals surface area contributed by atoms with E-state index in [1.54, 1.807) is 7.11 Å². The number of carbonyl (C=O) groups is 1. The second-order valence-electron chi connectivity index (χ2n) is 8.65. The number of hydrogen-bond acceptors (Lipinski definition) is 3. The fourth-order valence-electron chi connectivity index (χ4n) is 4.36. The van der Waals surface area contributed by atoms with Crippen molar-refractivity contribution < 1.29 is 14.3 Å². The summed E-state index contributed by atoms with van der Waals surface area (Å²) in [5, 5.41) is 0.708. The van der Waals surface area contributed by atoms with Gasteiger partial charge in [0.15, 0.2) is 0 Å². The molecule has 1 aliphatic heterocycles. The van der Waals surface area contributed by atoms with Crippen molar-refractivity contribution in [1.29, 1.82) is 0 Å². The van der Waals surface area contributed by atoms with Crippen LogP contribution in [0.5, 0.6) is 11.5 Å². The zero-order valence-corrected chi connectivity index (χ0v) is 20.0. The molecule has 1 heterocycles. The highest BCUT2D eigenvalue weighted by Crippen LogP contribution is 2.27. The summed E-state index contributed by atoms with van der Waals surface area (Å²) in [6.45, 7) is 3.83. The highest BCUT2D eigenvalue weighted by molar-refractivity contribution is 6.31. The van der Waals surface area contributed by atoms with E-state index in [1.165, 1.54) is 5.56 Å². The second-order valence-corrected chi connectivity index (χ2v) is 9.06. The van der Waals surface area contributed by atoms with E-state index in [1.807, 2.05) is 48.2 Å². The van der Waals surface area contributed by atoms with Crippen molar-refractivity contribution in [2.24, 2.45) is 5.92 Å². The number of rotatable bonds is 7. The summed E-state index contributed by atoms with van der Waals surface area (Å²) in [4.78, 5) is 15.2. The predicted octanol–water partition coefficient (Wildman–Crippen LogP) is 6.33. The molecule has 1 saturated heterocycles. The number of halogens is 1. The van der Waals surface area contributed by atoms with E-state index in [0.717, 1.165) is 49.2 Å². The van der Waals surface area contributed by atoms with Gasteiger partial charge in [-0.15, -0.1) is 0 Å². The lowest BCUT2D eigenvalue weighted by Crippen LogP contribution is -2.39. The highest BCUT2D eigenvalue weighted by Gasteiger charge is 2.24. The molecule has 5 heteroatoms. The largest absolute Gasteiger partial charge is 0.496 e. The topological polar surface area (TPSA) is 38.8 Å². The number of amides is 1. The quantitative estimate of drug-likeness (QED) is 0.411. The number of nitrogens with zero attached hydrogens (tertiary/aromatic N) is 1. The summed E-state index contributed by atoms with van der Waals surface area (Å²) in [5.41, 5.74) is 3.84. The van der Waals surface area contributed by atoms with E-state index in [9.17, 15) is 4.79 Å². The van der Waals surface area contributed by atoms with Crippen LogP contribution in [0.15, 0.2) is 66.7 Å². The van der Waals surface area contributed by atoms with E-state index >= 15 is 0 Å². The molecule has 1 amide bonds. The maximum Gasteiger partial charge on any atom is 0.253 e. The number of methoxy groups -OCH3 is 1. The molecule has 4 rings (SSSR count). The van der Waals surface area contributed by atoms with Crippen molar-refractivity contribution in [3.05, 3.63) is 94.0 Å². The summed E-state index contributed by atoms with van der Waals surface area (Å²) < 4.78 is 11.5. The van der Waals surface area contributed by atoms with Crippen LogP contribution < -0.4 is 9.47 Å². The van der Waals surface area contributed by atoms with Crippen LogP contribution in [-0.2, 0) is 13.0 Å². The van der Waals surface area contributed by atoms with Crippen LogP contribution in [0.25, 0.3) is 0 Å². The molecule has 33 heavy (non-hydrogen) atoms. The Labute approximate surface area is 201 Å². The van der Waals surface area contributed by atoms with E-state index in [-0.39, 0.29) is 5.91 Å². The van der Waals surface area contributed by atoms with Crippen LogP contribution in [0, 0.1) is 12.8 Å². The molecule has 0 spiro atoms. The maximum absolute atomic E-state index is 13.2. The first-order chi connectivity index (χ1) is 16.0. The van der Waals surface area contributed by atoms with Crippen molar-refractivity contribution in [1.82, 2.24) is 4.90 Å². The smallest absolute Gasteiger partial charge is 0.253 e. The minimum atomic E-state index is 0.0689. The SMILES string of the molecule is COc1ccc(C(=O)N2CCC(Cc3ccccc3)CC2)cc1COc1ccc(Cl)c(C)c1. The van der Waals surface area contributed by atoms with Gasteiger partial charge in [0.05, 0.1) is 7.11 Å². The predicted molar refractivity (Wildman–Crippen MR) is 132 cm³/mol. The lowest BCUT2D eigenvalue weighted by Gasteiger charge is -2.32. The monoisotopic (exact) mass is 463 g/mol. The van der Waals surface area contributed by atoms with Crippen molar-refractivity contribution in [3.63, 3.8) is 0 Å². The molecule has 172 valence electrons. The Morgan fingerprint density at radius 2 is 1.79 bits per heavy atom. The summed E-state index contributed by atoms with van der Waals surface area (Å²) in [6.07, 6.45) is 3.14. The average molecular weight is 464 g/mol. The van der Waals surface area contributed by atoms with Gasteiger partial charge in [-0.3, -0.25) is 4.79 Å². The van der Waals surface area contributed by atoms with Gasteiger partial charge in [0.2, 0.25) is 0 Å². The Balaban J connectivity index is 1.39. The Hall–Kier alpha value is -2.98. The first-order valence-corrected chi connectivity index (χ1v) is 11.8. The minimum absolute atomic E-state index is 0.0689. The average Bonchev–Trinajstić information content (AvgIpc) is 2.85. The zero-order valence-electron chi connectivity index (χ0n) is 19.2. The fourth-order valence-corrected chi connectivity index (χ4v) is 4.48. The molecule has 0 atom stereocenters. The molecule has 0 radical (unpaired) electrons. The maximum atomic E-state index is 13.2. The first-order valence-electron chi connectivity index (χ1n) is 11.4. The third-order valence-electron chi connectivity index (χ3n) is 6.32. The fraction of sp³-hybridized carbons (Fsp3) is 0.321. The van der Waals surface area contributed by atoms with E-state index < -0.39 is 0 Å². The lowest BCUT2D eigenvalue weighted by atomic mass is 9.90. The van der Waals surface area contributed by atoms with E-state index in [0.29, 0.717) is 28.9 Å². The first kappa shape index (κ1) is 23.2. The van der Waals surface area contributed by atoms with Crippen molar-refractivity contribution in [2.75, 3.05) is 20.2 Å². The highest BCUT2D eigenvalue weighted by atomic mass is 35.5. The standard InChI is InChI=1S/C28H30ClNO3/c1-20-16-25(9-10-26(20)29)33-19-24-18-23(8-11-27(24)32-2)28(31)30-14-12-22(13-15-30)17-21-6-4-3-5-7-21/h3-11,16,18,22H,12-15,17,19H2,1-2H3. The van der Waals surface area contributed by atoms with Gasteiger partial charge in [-0.2, -0.15) is 0 Å². The van der Waals surface area contributed by atoms with Crippen LogP contribution in [-0.4, -0.2) is 31.0 Å². The molecule has 3 aromatic rings. The van der Waals surface area contributed by atoms with Crippen LogP contribution in [0.3, 0.4) is 0 Å². The number of benzene rings is 3. The molecule has 0 N–H and O–H groups in total. The van der Waals surface area contributed by atoms with Crippen molar-refractivity contribution in [3.8, 4) is 11.5 Å². The Morgan fingerprint density at radius 1 is 1.03 bits per heavy atom. The van der Waals surface area contributed by atoms with Gasteiger partial charge in [0, 0.05) is 29.2 Å². The lowest BCUT2D eigenvalue weighted by molar-refractivity contribution is 0.0690. The van der Waals surface area contributed by atoms with Crippen LogP contribution in [0.4, 0.5) is 0 Å². The van der Waals surface area contributed by atoms with Gasteiger partial charge >= 0.3 is 0 Å². The molecule has 0 saturated carbocycles. The zero-order chi connectivity index (χ0) is 23.2. The summed E-state index contributed by atoms with van der Waals surface area (Å²) in [7, 11) is 1.63. The molecule has 1 fully saturated rings. The van der Waals surface area contributed by atoms with Crippen LogP contribution in [0.1, 0.15) is 39.9 Å². The summed E-state index contributed by atoms with van der Waals surface area (Å²) in [6, 6.07) is 21.8. The molecule has 0 aliphatic carbocycles. The second kappa shape index (κ2) is 10.8. The molecular weight excluding hydrogens is 434 g/mol. The van der Waals surface area contributed by atoms with E-state index in [4.69, 9.17) is 21.1 Å². The molecule has 3 aromatic carbocycles. The van der Waals surface area contributed by atoms with E-state index in [2.05, 4.69) is 30.3 Å². The van der Waals surface area contributed by atoms with Crippen LogP contribution >= 0.6 is 11.6 Å². The Bertz CT molecular complexity index is 1090. The molecule has 0 aromatic heterocycles. The van der Waals surface area contributed by atoms with Gasteiger partial charge in [-0.25, -0.2) is 0 Å². The summed E-state index contributed by atoms with van der Waals surface area (Å²) in [5.74, 6) is 2.13. The molecule has 0 unspecified atom stereocenters. The van der Waals surface area contributed by atoms with Gasteiger partial charge in [-0.1, -0.05) is 41.9 Å². The molecule has 1 aliphatic rings. The van der Waals surface area contributed by atoms with Crippen molar-refractivity contribution >= 4 is 17.5 Å². The van der Waals surface area contributed by atoms with Crippen molar-refractivity contribution in [2.45, 2.75) is 32.8 Å². The third-order valence-corrected chi connectivity index (χ3v) is 6.74. The van der Waals surface area contributed by atoms with Gasteiger partial charge in [0.1, 0.15) is 18.1 Å². The third kappa shape index (κ3) is 5.88. The number of ether oxygens (including phenoxy) is 2. The van der Waals surface area contributed by atoms with Gasteiger partial charge < -0.3 is 14.4 Å². The molecule has 0 bridgehead atoms. The minimum Gasteiger partial charge on any atom is -0.496 e. The number of aryl methyl sites for hydroxylation is 1. The Morgan fingerprint density at radius 3 is 2.48 bits per heavy atom. The summed E-state index contributed by atoms with van der Waals surface area (Å²) >= 11 is 6.11. The van der Waals surface area contributed by atoms with Gasteiger partial charge in [0.25, 0.3) is 5.91 Å². The molecular formula is C28H30ClNO3. The number of likely N-dealkylation sites (tertiary alicyclic amines) is 1. The van der Waals surface area contributed by atoms with Gasteiger partial charge in [-0.05, 0) is 79.6 Å². The normalized spacial score (nSPS) is 14.2. The Kier molecular flexibility index (Phi) is 7.56. The number of piperidine rings is 1.